The molecule has 3 aliphatic heterocycles. The highest BCUT2D eigenvalue weighted by atomic mass is 19.3. The number of carbonyl (C=O) groups excluding carboxylic acids is 1. The van der Waals surface area contributed by atoms with Gasteiger partial charge in [0.2, 0.25) is 0 Å². The zero-order valence-electron chi connectivity index (χ0n) is 16.8. The maximum absolute atomic E-state index is 12.9. The second-order valence-corrected chi connectivity index (χ2v) is 7.44. The fourth-order valence-corrected chi connectivity index (χ4v) is 2.90. The molecule has 0 aromatic heterocycles. The highest BCUT2D eigenvalue weighted by molar-refractivity contribution is 6.28. The van der Waals surface area contributed by atoms with E-state index < -0.39 is 6.29 Å². The molecule has 4 rings (SSSR count). The van der Waals surface area contributed by atoms with E-state index in [1.54, 1.807) is 12.1 Å². The Labute approximate surface area is 172 Å². The quantitative estimate of drug-likeness (QED) is 0.671. The van der Waals surface area contributed by atoms with Crippen molar-refractivity contribution < 1.29 is 37.4 Å². The van der Waals surface area contributed by atoms with Gasteiger partial charge in [0.05, 0.1) is 19.8 Å². The van der Waals surface area contributed by atoms with E-state index >= 15 is 0 Å². The summed E-state index contributed by atoms with van der Waals surface area (Å²) in [4.78, 5) is 15.4. The van der Waals surface area contributed by atoms with Crippen molar-refractivity contribution in [3.8, 4) is 11.5 Å². The molecule has 164 valence electrons. The monoisotopic (exact) mass is 426 g/mol. The lowest BCUT2D eigenvalue weighted by Crippen LogP contribution is -2.46. The zero-order chi connectivity index (χ0) is 21.6. The lowest BCUT2D eigenvalue weighted by molar-refractivity contribution is -0.286. The van der Waals surface area contributed by atoms with Crippen LogP contribution in [-0.4, -0.2) is 51.7 Å². The minimum absolute atomic E-state index is 0.0113. The van der Waals surface area contributed by atoms with Crippen LogP contribution in [0, 0.1) is 5.41 Å². The van der Waals surface area contributed by atoms with Crippen LogP contribution in [-0.2, 0) is 25.7 Å². The Balaban J connectivity index is 0.000000269. The molecule has 0 atom stereocenters. The van der Waals surface area contributed by atoms with E-state index in [9.17, 15) is 13.6 Å². The lowest BCUT2D eigenvalue weighted by Gasteiger charge is -2.37. The predicted molar refractivity (Wildman–Crippen MR) is 102 cm³/mol. The number of ether oxygens (including phenoxy) is 4. The third-order valence-corrected chi connectivity index (χ3v) is 4.44. The first-order chi connectivity index (χ1) is 14.3. The highest BCUT2D eigenvalue weighted by Crippen LogP contribution is 2.41. The Morgan fingerprint density at radius 3 is 2.57 bits per heavy atom. The van der Waals surface area contributed by atoms with Crippen molar-refractivity contribution in [1.82, 2.24) is 5.32 Å². The molecular formula is C20H24F2N2O6. The smallest absolute Gasteiger partial charge is 0.395 e. The second kappa shape index (κ2) is 9.50. The van der Waals surface area contributed by atoms with Crippen LogP contribution in [0.3, 0.4) is 0 Å². The molecule has 8 nitrogen and oxygen atoms in total. The van der Waals surface area contributed by atoms with Gasteiger partial charge in [-0.3, -0.25) is 4.79 Å². The van der Waals surface area contributed by atoms with Crippen molar-refractivity contribution in [2.24, 2.45) is 10.6 Å². The Morgan fingerprint density at radius 1 is 1.23 bits per heavy atom. The van der Waals surface area contributed by atoms with Crippen LogP contribution < -0.4 is 14.8 Å². The van der Waals surface area contributed by atoms with Crippen LogP contribution in [0.1, 0.15) is 18.9 Å². The van der Waals surface area contributed by atoms with Crippen molar-refractivity contribution in [1.29, 1.82) is 0 Å². The van der Waals surface area contributed by atoms with E-state index in [2.05, 4.69) is 26.9 Å². The third-order valence-electron chi connectivity index (χ3n) is 4.44. The topological polar surface area (TPSA) is 87.6 Å². The van der Waals surface area contributed by atoms with E-state index in [4.69, 9.17) is 14.3 Å². The normalized spacial score (nSPS) is 20.0. The van der Waals surface area contributed by atoms with Crippen molar-refractivity contribution >= 4 is 12.0 Å². The van der Waals surface area contributed by atoms with Gasteiger partial charge in [0.1, 0.15) is 12.3 Å². The average molecular weight is 426 g/mol. The Kier molecular flexibility index (Phi) is 7.01. The molecule has 1 aromatic carbocycles. The number of allylic oxidation sites excluding steroid dienone is 1. The highest BCUT2D eigenvalue weighted by Gasteiger charge is 2.43. The molecule has 10 heteroatoms. The summed E-state index contributed by atoms with van der Waals surface area (Å²) in [6.07, 6.45) is -0.925. The van der Waals surface area contributed by atoms with Gasteiger partial charge in [0.15, 0.2) is 23.5 Å². The summed E-state index contributed by atoms with van der Waals surface area (Å²) >= 11 is 0. The Morgan fingerprint density at radius 2 is 2.00 bits per heavy atom. The summed E-state index contributed by atoms with van der Waals surface area (Å²) < 4.78 is 44.9. The van der Waals surface area contributed by atoms with E-state index in [0.29, 0.717) is 35.2 Å². The molecule has 0 amide bonds. The van der Waals surface area contributed by atoms with Crippen LogP contribution in [0.2, 0.25) is 0 Å². The first-order valence-electron chi connectivity index (χ1n) is 9.39. The summed E-state index contributed by atoms with van der Waals surface area (Å²) in [7, 11) is 1.98. The molecule has 1 N–H and O–H groups in total. The summed E-state index contributed by atoms with van der Waals surface area (Å²) in [5.74, 6) is 0.445. The molecule has 0 saturated carbocycles. The van der Waals surface area contributed by atoms with Gasteiger partial charge in [-0.1, -0.05) is 18.1 Å². The minimum atomic E-state index is -3.63. The summed E-state index contributed by atoms with van der Waals surface area (Å²) in [6, 6.07) is 4.42. The lowest BCUT2D eigenvalue weighted by atomic mass is 9.89. The van der Waals surface area contributed by atoms with Crippen LogP contribution in [0.4, 0.5) is 8.78 Å². The number of aldehydes is 1. The number of hydrogen-bond donors (Lipinski definition) is 1. The molecular weight excluding hydrogens is 402 g/mol. The number of nitrogens with zero attached hydrogens (tertiary/aromatic N) is 1. The number of nitrogens with one attached hydrogen (secondary N) is 1. The van der Waals surface area contributed by atoms with Gasteiger partial charge < -0.3 is 29.1 Å². The maximum Gasteiger partial charge on any atom is 0.586 e. The number of benzene rings is 1. The van der Waals surface area contributed by atoms with Gasteiger partial charge >= 0.3 is 6.29 Å². The van der Waals surface area contributed by atoms with Gasteiger partial charge in [-0.25, -0.2) is 0 Å². The van der Waals surface area contributed by atoms with Crippen LogP contribution in [0.5, 0.6) is 11.5 Å². The largest absolute Gasteiger partial charge is 0.586 e. The van der Waals surface area contributed by atoms with Gasteiger partial charge in [-0.05, 0) is 30.8 Å². The zero-order valence-corrected chi connectivity index (χ0v) is 16.8. The number of fused-ring (bicyclic) bond motifs is 1. The van der Waals surface area contributed by atoms with Gasteiger partial charge in [0.25, 0.3) is 0 Å². The number of rotatable bonds is 7. The first kappa shape index (κ1) is 22.1. The van der Waals surface area contributed by atoms with E-state index in [1.165, 1.54) is 12.1 Å². The Bertz CT molecular complexity index is 824. The number of oxime groups is 1. The molecule has 1 saturated heterocycles. The molecule has 3 aliphatic rings. The third kappa shape index (κ3) is 5.97. The molecule has 1 aromatic rings. The number of hydrogen-bond acceptors (Lipinski definition) is 8. The van der Waals surface area contributed by atoms with E-state index in [0.717, 1.165) is 19.8 Å². The molecule has 0 radical (unpaired) electrons. The summed E-state index contributed by atoms with van der Waals surface area (Å²) in [5.41, 5.74) is 1.39. The van der Waals surface area contributed by atoms with Crippen LogP contribution >= 0.6 is 0 Å². The first-order valence-corrected chi connectivity index (χ1v) is 9.39. The average Bonchev–Trinajstić information content (AvgIpc) is 3.01. The van der Waals surface area contributed by atoms with Gasteiger partial charge in [-0.15, -0.1) is 8.78 Å². The summed E-state index contributed by atoms with van der Waals surface area (Å²) in [6.45, 7) is 5.48. The maximum atomic E-state index is 12.9. The molecule has 3 heterocycles. The SMILES string of the molecule is CNCC1(C)COC1.O=CC1=NOC(COCc2ccc3c(c2)OC(F)(F)O3)=CC1. The minimum Gasteiger partial charge on any atom is -0.395 e. The molecule has 0 bridgehead atoms. The van der Waals surface area contributed by atoms with E-state index in [1.807, 2.05) is 7.05 Å². The Hall–Kier alpha value is -2.56. The molecule has 0 aliphatic carbocycles. The number of halogens is 2. The van der Waals surface area contributed by atoms with Gasteiger partial charge in [0, 0.05) is 18.4 Å². The number of carbonyl (C=O) groups is 1. The number of alkyl halides is 2. The summed E-state index contributed by atoms with van der Waals surface area (Å²) in [5, 5.41) is 6.73. The van der Waals surface area contributed by atoms with Crippen LogP contribution in [0.15, 0.2) is 35.2 Å². The van der Waals surface area contributed by atoms with Crippen molar-refractivity contribution in [2.75, 3.05) is 33.4 Å². The fourth-order valence-electron chi connectivity index (χ4n) is 2.90. The molecule has 1 fully saturated rings. The van der Waals surface area contributed by atoms with Crippen molar-refractivity contribution in [2.45, 2.75) is 26.2 Å². The predicted octanol–water partition coefficient (Wildman–Crippen LogP) is 2.63. The van der Waals surface area contributed by atoms with E-state index in [-0.39, 0.29) is 24.7 Å². The van der Waals surface area contributed by atoms with Gasteiger partial charge in [-0.2, -0.15) is 0 Å². The van der Waals surface area contributed by atoms with Crippen molar-refractivity contribution in [3.05, 3.63) is 35.6 Å². The molecule has 0 unspecified atom stereocenters. The van der Waals surface area contributed by atoms with Crippen LogP contribution in [0.25, 0.3) is 0 Å². The fraction of sp³-hybridized carbons (Fsp3) is 0.500. The second-order valence-electron chi connectivity index (χ2n) is 7.44. The molecule has 0 spiro atoms. The van der Waals surface area contributed by atoms with Crippen molar-refractivity contribution in [3.63, 3.8) is 0 Å². The standard InChI is InChI=1S/C14H11F2NO5.C6H13NO/c15-14(16)20-12-4-1-9(5-13(12)21-14)7-19-8-11-3-2-10(6-18)17-22-11;1-6(3-7-2)4-8-5-6/h1,3-6H,2,7-8H2;7H,3-5H2,1-2H3. The molecule has 30 heavy (non-hydrogen) atoms.